The van der Waals surface area contributed by atoms with E-state index in [2.05, 4.69) is 15.7 Å². The summed E-state index contributed by atoms with van der Waals surface area (Å²) in [4.78, 5) is 53.9. The van der Waals surface area contributed by atoms with Crippen molar-refractivity contribution >= 4 is 35.3 Å². The lowest BCUT2D eigenvalue weighted by Crippen LogP contribution is -2.44. The number of carbonyl (C=O) groups is 4. The predicted molar refractivity (Wildman–Crippen MR) is 138 cm³/mol. The minimum absolute atomic E-state index is 0.00350. The van der Waals surface area contributed by atoms with Crippen molar-refractivity contribution in [2.45, 2.75) is 31.5 Å². The zero-order valence-corrected chi connectivity index (χ0v) is 21.4. The lowest BCUT2D eigenvalue weighted by Gasteiger charge is -2.24. The summed E-state index contributed by atoms with van der Waals surface area (Å²) >= 11 is 0. The SMILES string of the molecule is CNC(=O)Nc1ccc2c(c1)CC[C@@]21OC(=O)N(CC(=O)N(Cc2ccc(F)cc2)c2cnn(CC#N)c2)C1=O. The van der Waals surface area contributed by atoms with Crippen molar-refractivity contribution in [1.82, 2.24) is 20.0 Å². The summed E-state index contributed by atoms with van der Waals surface area (Å²) in [7, 11) is 1.49. The van der Waals surface area contributed by atoms with E-state index in [1.54, 1.807) is 18.2 Å². The molecule has 5 amide bonds. The van der Waals surface area contributed by atoms with E-state index in [-0.39, 0.29) is 19.5 Å². The highest BCUT2D eigenvalue weighted by Crippen LogP contribution is 2.46. The van der Waals surface area contributed by atoms with Crippen LogP contribution in [0.15, 0.2) is 54.9 Å². The summed E-state index contributed by atoms with van der Waals surface area (Å²) in [6.07, 6.45) is 2.56. The Morgan fingerprint density at radius 1 is 1.23 bits per heavy atom. The second-order valence-electron chi connectivity index (χ2n) is 9.32. The van der Waals surface area contributed by atoms with Crippen molar-refractivity contribution in [1.29, 1.82) is 5.26 Å². The van der Waals surface area contributed by atoms with Gasteiger partial charge in [0.2, 0.25) is 11.5 Å². The van der Waals surface area contributed by atoms with Crippen LogP contribution in [0.2, 0.25) is 0 Å². The first kappa shape index (κ1) is 26.4. The van der Waals surface area contributed by atoms with Crippen LogP contribution in [0.3, 0.4) is 0 Å². The molecule has 13 heteroatoms. The van der Waals surface area contributed by atoms with Crippen LogP contribution in [-0.4, -0.2) is 52.2 Å². The highest BCUT2D eigenvalue weighted by molar-refractivity contribution is 6.08. The van der Waals surface area contributed by atoms with E-state index in [1.165, 1.54) is 53.3 Å². The fourth-order valence-corrected chi connectivity index (χ4v) is 4.89. The average molecular weight is 546 g/mol. The number of aryl methyl sites for hydroxylation is 1. The maximum absolute atomic E-state index is 13.6. The number of halogens is 1. The van der Waals surface area contributed by atoms with Gasteiger partial charge in [-0.1, -0.05) is 18.2 Å². The Kier molecular flexibility index (Phi) is 6.91. The smallest absolute Gasteiger partial charge is 0.418 e. The molecule has 0 radical (unpaired) electrons. The third-order valence-electron chi connectivity index (χ3n) is 6.86. The minimum Gasteiger partial charge on any atom is -0.427 e. The standard InChI is InChI=1S/C27H24FN7O5/c1-30-25(38)32-20-6-7-22-18(12-20)8-9-27(22)24(37)35(26(39)40-27)16-23(36)34(14-17-2-4-19(28)5-3-17)21-13-31-33(15-21)11-10-29/h2-7,12-13,15H,8-9,11,14,16H2,1H3,(H2,30,32,38)/t27-/m1/s1. The Hall–Kier alpha value is -5.25. The first-order valence-corrected chi connectivity index (χ1v) is 12.4. The van der Waals surface area contributed by atoms with Gasteiger partial charge in [0.25, 0.3) is 5.91 Å². The number of hydrogen-bond donors (Lipinski definition) is 2. The van der Waals surface area contributed by atoms with Crippen LogP contribution in [-0.2, 0) is 39.4 Å². The number of nitrogens with one attached hydrogen (secondary N) is 2. The fraction of sp³-hybridized carbons (Fsp3) is 0.259. The van der Waals surface area contributed by atoms with E-state index in [1.807, 2.05) is 6.07 Å². The van der Waals surface area contributed by atoms with E-state index >= 15 is 0 Å². The van der Waals surface area contributed by atoms with Crippen LogP contribution in [0.5, 0.6) is 0 Å². The number of hydrogen-bond acceptors (Lipinski definition) is 7. The first-order chi connectivity index (χ1) is 19.2. The minimum atomic E-state index is -1.56. The summed E-state index contributed by atoms with van der Waals surface area (Å²) in [5.74, 6) is -1.70. The number of aromatic nitrogens is 2. The van der Waals surface area contributed by atoms with Gasteiger partial charge in [-0.2, -0.15) is 10.4 Å². The molecule has 1 fully saturated rings. The van der Waals surface area contributed by atoms with Gasteiger partial charge in [0.15, 0.2) is 0 Å². The molecule has 0 saturated carbocycles. The monoisotopic (exact) mass is 545 g/mol. The maximum Gasteiger partial charge on any atom is 0.418 e. The number of imide groups is 1. The van der Waals surface area contributed by atoms with Crippen LogP contribution >= 0.6 is 0 Å². The van der Waals surface area contributed by atoms with E-state index < -0.39 is 41.9 Å². The molecular weight excluding hydrogens is 521 g/mol. The lowest BCUT2D eigenvalue weighted by molar-refractivity contribution is -0.139. The summed E-state index contributed by atoms with van der Waals surface area (Å²) in [6, 6.07) is 12.1. The third-order valence-corrected chi connectivity index (χ3v) is 6.86. The molecule has 204 valence electrons. The van der Waals surface area contributed by atoms with Gasteiger partial charge in [0.1, 0.15) is 18.9 Å². The molecule has 1 aliphatic carbocycles. The molecule has 1 atom stereocenters. The van der Waals surface area contributed by atoms with Crippen LogP contribution in [0.25, 0.3) is 0 Å². The molecule has 2 aliphatic rings. The van der Waals surface area contributed by atoms with Crippen LogP contribution < -0.4 is 15.5 Å². The van der Waals surface area contributed by atoms with Gasteiger partial charge < -0.3 is 20.3 Å². The molecular formula is C27H24FN7O5. The molecule has 1 aliphatic heterocycles. The number of anilines is 2. The largest absolute Gasteiger partial charge is 0.427 e. The van der Waals surface area contributed by atoms with Gasteiger partial charge in [-0.25, -0.2) is 18.9 Å². The van der Waals surface area contributed by atoms with Crippen molar-refractivity contribution < 1.29 is 28.3 Å². The second-order valence-corrected chi connectivity index (χ2v) is 9.32. The average Bonchev–Trinajstić information content (AvgIpc) is 3.61. The summed E-state index contributed by atoms with van der Waals surface area (Å²) in [5, 5.41) is 18.2. The number of rotatable bonds is 7. The number of fused-ring (bicyclic) bond motifs is 2. The molecule has 1 aromatic heterocycles. The Labute approximate surface area is 227 Å². The first-order valence-electron chi connectivity index (χ1n) is 12.4. The lowest BCUT2D eigenvalue weighted by atomic mass is 9.94. The van der Waals surface area contributed by atoms with Crippen molar-refractivity contribution in [3.05, 3.63) is 77.4 Å². The summed E-state index contributed by atoms with van der Waals surface area (Å²) in [5.41, 5.74) is 1.14. The number of ether oxygens (including phenoxy) is 1. The molecule has 0 bridgehead atoms. The summed E-state index contributed by atoms with van der Waals surface area (Å²) in [6.45, 7) is -0.642. The number of carbonyl (C=O) groups excluding carboxylic acids is 4. The van der Waals surface area contributed by atoms with Gasteiger partial charge in [-0.3, -0.25) is 14.3 Å². The summed E-state index contributed by atoms with van der Waals surface area (Å²) < 4.78 is 20.4. The Morgan fingerprint density at radius 3 is 2.73 bits per heavy atom. The number of nitrogens with zero attached hydrogens (tertiary/aromatic N) is 5. The molecule has 1 saturated heterocycles. The molecule has 2 aromatic carbocycles. The number of benzene rings is 2. The normalized spacial score (nSPS) is 17.4. The Bertz CT molecular complexity index is 1550. The number of urea groups is 1. The Morgan fingerprint density at radius 2 is 2.00 bits per heavy atom. The topological polar surface area (TPSA) is 150 Å². The van der Waals surface area contributed by atoms with E-state index in [0.29, 0.717) is 28.9 Å². The number of nitriles is 1. The van der Waals surface area contributed by atoms with Crippen molar-refractivity contribution in [2.75, 3.05) is 23.8 Å². The van der Waals surface area contributed by atoms with E-state index in [4.69, 9.17) is 10.00 Å². The van der Waals surface area contributed by atoms with Gasteiger partial charge in [0, 0.05) is 30.9 Å². The molecule has 1 spiro atoms. The quantitative estimate of drug-likeness (QED) is 0.463. The van der Waals surface area contributed by atoms with E-state index in [0.717, 1.165) is 10.5 Å². The molecule has 2 heterocycles. The second kappa shape index (κ2) is 10.5. The zero-order valence-electron chi connectivity index (χ0n) is 21.4. The van der Waals surface area contributed by atoms with Crippen molar-refractivity contribution in [3.63, 3.8) is 0 Å². The zero-order chi connectivity index (χ0) is 28.4. The molecule has 40 heavy (non-hydrogen) atoms. The number of amides is 5. The van der Waals surface area contributed by atoms with Gasteiger partial charge in [-0.05, 0) is 41.8 Å². The molecule has 2 N–H and O–H groups in total. The van der Waals surface area contributed by atoms with Gasteiger partial charge in [-0.15, -0.1) is 0 Å². The highest BCUT2D eigenvalue weighted by Gasteiger charge is 2.58. The van der Waals surface area contributed by atoms with Gasteiger partial charge >= 0.3 is 12.1 Å². The van der Waals surface area contributed by atoms with Crippen LogP contribution in [0.1, 0.15) is 23.1 Å². The molecule has 12 nitrogen and oxygen atoms in total. The fourth-order valence-electron chi connectivity index (χ4n) is 4.89. The molecule has 5 rings (SSSR count). The van der Waals surface area contributed by atoms with E-state index in [9.17, 15) is 23.6 Å². The molecule has 0 unspecified atom stereocenters. The van der Waals surface area contributed by atoms with Crippen LogP contribution in [0, 0.1) is 17.1 Å². The van der Waals surface area contributed by atoms with Gasteiger partial charge in [0.05, 0.1) is 24.5 Å². The predicted octanol–water partition coefficient (Wildman–Crippen LogP) is 2.65. The Balaban J connectivity index is 1.38. The van der Waals surface area contributed by atoms with Crippen LogP contribution in [0.4, 0.5) is 25.4 Å². The maximum atomic E-state index is 13.6. The van der Waals surface area contributed by atoms with Crippen molar-refractivity contribution in [2.24, 2.45) is 0 Å². The van der Waals surface area contributed by atoms with Crippen molar-refractivity contribution in [3.8, 4) is 6.07 Å². The highest BCUT2D eigenvalue weighted by atomic mass is 19.1. The molecule has 3 aromatic rings. The third kappa shape index (κ3) is 4.82.